The molecule has 0 heterocycles. The van der Waals surface area contributed by atoms with Crippen molar-refractivity contribution in [3.8, 4) is 24.2 Å². The number of hydrogen-bond donors (Lipinski definition) is 1. The molecule has 1 amide bonds. The topological polar surface area (TPSA) is 62.1 Å². The summed E-state index contributed by atoms with van der Waals surface area (Å²) >= 11 is 3.38. The third kappa shape index (κ3) is 5.15. The molecule has 1 fully saturated rings. The first-order chi connectivity index (χ1) is 11.6. The summed E-state index contributed by atoms with van der Waals surface area (Å²) in [7, 11) is 0. The van der Waals surface area contributed by atoms with E-state index in [0.717, 1.165) is 30.2 Å². The number of nitriles is 1. The Bertz CT molecular complexity index is 707. The standard InChI is InChI=1S/C19H19BrN2O2/c1-2-10-24-18-9-8-16(20)12-14(18)11-15(13-21)19(23)22-17-6-4-3-5-7-17/h1,8-9,11-12,17H,3-7,10H2,(H,22,23)/b15-11+. The third-order valence-corrected chi connectivity index (χ3v) is 4.38. The van der Waals surface area contributed by atoms with Crippen molar-refractivity contribution in [2.24, 2.45) is 0 Å². The number of hydrogen-bond acceptors (Lipinski definition) is 3. The Hall–Kier alpha value is -2.24. The second kappa shape index (κ2) is 9.15. The average Bonchev–Trinajstić information content (AvgIpc) is 2.59. The van der Waals surface area contributed by atoms with E-state index in [4.69, 9.17) is 11.2 Å². The lowest BCUT2D eigenvalue weighted by atomic mass is 9.95. The van der Waals surface area contributed by atoms with Gasteiger partial charge in [0.25, 0.3) is 5.91 Å². The van der Waals surface area contributed by atoms with Crippen LogP contribution in [0.15, 0.2) is 28.2 Å². The molecule has 0 aliphatic heterocycles. The van der Waals surface area contributed by atoms with E-state index in [1.54, 1.807) is 12.1 Å². The van der Waals surface area contributed by atoms with Gasteiger partial charge in [0.2, 0.25) is 0 Å². The summed E-state index contributed by atoms with van der Waals surface area (Å²) in [6.07, 6.45) is 12.1. The minimum absolute atomic E-state index is 0.0595. The molecule has 2 rings (SSSR count). The van der Waals surface area contributed by atoms with Gasteiger partial charge in [0.05, 0.1) is 0 Å². The van der Waals surface area contributed by atoms with Gasteiger partial charge in [-0.15, -0.1) is 6.42 Å². The van der Waals surface area contributed by atoms with Crippen molar-refractivity contribution >= 4 is 27.9 Å². The van der Waals surface area contributed by atoms with Crippen LogP contribution in [0.2, 0.25) is 0 Å². The lowest BCUT2D eigenvalue weighted by Gasteiger charge is -2.22. The van der Waals surface area contributed by atoms with Crippen molar-refractivity contribution in [1.82, 2.24) is 5.32 Å². The number of rotatable bonds is 5. The van der Waals surface area contributed by atoms with Gasteiger partial charge < -0.3 is 10.1 Å². The first-order valence-corrected chi connectivity index (χ1v) is 8.72. The van der Waals surface area contributed by atoms with Crippen molar-refractivity contribution < 1.29 is 9.53 Å². The number of halogens is 1. The van der Waals surface area contributed by atoms with Crippen LogP contribution in [0.3, 0.4) is 0 Å². The first-order valence-electron chi connectivity index (χ1n) is 7.92. The summed E-state index contributed by atoms with van der Waals surface area (Å²) in [5.74, 6) is 2.60. The van der Waals surface area contributed by atoms with Gasteiger partial charge in [0.15, 0.2) is 0 Å². The molecule has 1 aliphatic rings. The van der Waals surface area contributed by atoms with Gasteiger partial charge in [-0.25, -0.2) is 0 Å². The molecule has 5 heteroatoms. The van der Waals surface area contributed by atoms with E-state index >= 15 is 0 Å². The predicted octanol–water partition coefficient (Wildman–Crippen LogP) is 3.82. The molecule has 0 aromatic heterocycles. The molecule has 0 spiro atoms. The van der Waals surface area contributed by atoms with E-state index in [1.807, 2.05) is 12.1 Å². The van der Waals surface area contributed by atoms with Crippen LogP contribution >= 0.6 is 15.9 Å². The second-order valence-corrected chi connectivity index (χ2v) is 6.57. The molecule has 4 nitrogen and oxygen atoms in total. The highest BCUT2D eigenvalue weighted by atomic mass is 79.9. The summed E-state index contributed by atoms with van der Waals surface area (Å²) < 4.78 is 6.30. The van der Waals surface area contributed by atoms with Crippen LogP contribution in [-0.4, -0.2) is 18.6 Å². The highest BCUT2D eigenvalue weighted by Gasteiger charge is 2.18. The lowest BCUT2D eigenvalue weighted by Crippen LogP contribution is -2.36. The van der Waals surface area contributed by atoms with E-state index in [9.17, 15) is 10.1 Å². The first kappa shape index (κ1) is 18.1. The van der Waals surface area contributed by atoms with Gasteiger partial charge in [-0.2, -0.15) is 5.26 Å². The number of benzene rings is 1. The maximum absolute atomic E-state index is 12.4. The van der Waals surface area contributed by atoms with Gasteiger partial charge >= 0.3 is 0 Å². The van der Waals surface area contributed by atoms with Crippen molar-refractivity contribution in [3.05, 3.63) is 33.8 Å². The van der Waals surface area contributed by atoms with E-state index in [-0.39, 0.29) is 24.1 Å². The number of terminal acetylenes is 1. The van der Waals surface area contributed by atoms with Crippen LogP contribution in [-0.2, 0) is 4.79 Å². The van der Waals surface area contributed by atoms with Crippen molar-refractivity contribution in [2.75, 3.05) is 6.61 Å². The number of nitrogens with one attached hydrogen (secondary N) is 1. The molecular formula is C19H19BrN2O2. The number of carbonyl (C=O) groups excluding carboxylic acids is 1. The molecule has 124 valence electrons. The predicted molar refractivity (Wildman–Crippen MR) is 97.1 cm³/mol. The number of carbonyl (C=O) groups is 1. The summed E-state index contributed by atoms with van der Waals surface area (Å²) in [5, 5.41) is 12.3. The normalized spacial score (nSPS) is 15.2. The second-order valence-electron chi connectivity index (χ2n) is 5.65. The maximum atomic E-state index is 12.4. The zero-order valence-electron chi connectivity index (χ0n) is 13.3. The highest BCUT2D eigenvalue weighted by Crippen LogP contribution is 2.26. The fraction of sp³-hybridized carbons (Fsp3) is 0.368. The maximum Gasteiger partial charge on any atom is 0.262 e. The molecule has 1 aromatic rings. The molecule has 0 bridgehead atoms. The molecule has 1 aromatic carbocycles. The van der Waals surface area contributed by atoms with Crippen LogP contribution in [0.1, 0.15) is 37.7 Å². The van der Waals surface area contributed by atoms with Crippen LogP contribution in [0.4, 0.5) is 0 Å². The zero-order valence-corrected chi connectivity index (χ0v) is 14.9. The minimum atomic E-state index is -0.340. The van der Waals surface area contributed by atoms with E-state index in [1.165, 1.54) is 12.5 Å². The molecule has 0 unspecified atom stereocenters. The fourth-order valence-corrected chi connectivity index (χ4v) is 3.08. The molecule has 1 aliphatic carbocycles. The Balaban J connectivity index is 2.19. The van der Waals surface area contributed by atoms with Gasteiger partial charge in [0.1, 0.15) is 24.0 Å². The zero-order chi connectivity index (χ0) is 17.4. The lowest BCUT2D eigenvalue weighted by molar-refractivity contribution is -0.117. The summed E-state index contributed by atoms with van der Waals surface area (Å²) in [6.45, 7) is 0.124. The summed E-state index contributed by atoms with van der Waals surface area (Å²) in [5.41, 5.74) is 0.694. The minimum Gasteiger partial charge on any atom is -0.480 e. The molecule has 0 saturated heterocycles. The van der Waals surface area contributed by atoms with E-state index in [0.29, 0.717) is 11.3 Å². The molecule has 0 atom stereocenters. The Labute approximate surface area is 151 Å². The third-order valence-electron chi connectivity index (χ3n) is 3.89. The van der Waals surface area contributed by atoms with Crippen molar-refractivity contribution in [2.45, 2.75) is 38.1 Å². The van der Waals surface area contributed by atoms with E-state index < -0.39 is 0 Å². The summed E-state index contributed by atoms with van der Waals surface area (Å²) in [4.78, 5) is 12.4. The highest BCUT2D eigenvalue weighted by molar-refractivity contribution is 9.10. The molecule has 1 N–H and O–H groups in total. The van der Waals surface area contributed by atoms with Crippen molar-refractivity contribution in [1.29, 1.82) is 5.26 Å². The van der Waals surface area contributed by atoms with Crippen LogP contribution in [0.5, 0.6) is 5.75 Å². The number of nitrogens with zero attached hydrogens (tertiary/aromatic N) is 1. The SMILES string of the molecule is C#CCOc1ccc(Br)cc1/C=C(\C#N)C(=O)NC1CCCCC1. The summed E-state index contributed by atoms with van der Waals surface area (Å²) in [6, 6.07) is 7.49. The Morgan fingerprint density at radius 1 is 1.42 bits per heavy atom. The van der Waals surface area contributed by atoms with Crippen LogP contribution < -0.4 is 10.1 Å². The average molecular weight is 387 g/mol. The Morgan fingerprint density at radius 2 is 2.17 bits per heavy atom. The fourth-order valence-electron chi connectivity index (χ4n) is 2.70. The van der Waals surface area contributed by atoms with Gasteiger partial charge in [0, 0.05) is 16.1 Å². The monoisotopic (exact) mass is 386 g/mol. The Morgan fingerprint density at radius 3 is 2.83 bits per heavy atom. The number of amides is 1. The Kier molecular flexibility index (Phi) is 6.90. The largest absolute Gasteiger partial charge is 0.480 e. The van der Waals surface area contributed by atoms with Crippen LogP contribution in [0.25, 0.3) is 6.08 Å². The van der Waals surface area contributed by atoms with Gasteiger partial charge in [-0.3, -0.25) is 4.79 Å². The van der Waals surface area contributed by atoms with Crippen LogP contribution in [0, 0.1) is 23.7 Å². The number of ether oxygens (including phenoxy) is 1. The molecule has 1 saturated carbocycles. The molecular weight excluding hydrogens is 368 g/mol. The molecule has 24 heavy (non-hydrogen) atoms. The smallest absolute Gasteiger partial charge is 0.262 e. The van der Waals surface area contributed by atoms with Gasteiger partial charge in [-0.05, 0) is 37.1 Å². The molecule has 0 radical (unpaired) electrons. The van der Waals surface area contributed by atoms with E-state index in [2.05, 4.69) is 27.2 Å². The van der Waals surface area contributed by atoms with Gasteiger partial charge in [-0.1, -0.05) is 41.1 Å². The quantitative estimate of drug-likeness (QED) is 0.475. The van der Waals surface area contributed by atoms with Crippen molar-refractivity contribution in [3.63, 3.8) is 0 Å².